The van der Waals surface area contributed by atoms with E-state index in [1.54, 1.807) is 6.33 Å². The quantitative estimate of drug-likeness (QED) is 0.747. The van der Waals surface area contributed by atoms with E-state index in [4.69, 9.17) is 0 Å². The third kappa shape index (κ3) is 2.42. The molecule has 2 aromatic heterocycles. The second kappa shape index (κ2) is 5.29. The van der Waals surface area contributed by atoms with Gasteiger partial charge in [0.1, 0.15) is 6.33 Å². The van der Waals surface area contributed by atoms with Gasteiger partial charge in [0.05, 0.1) is 11.7 Å². The molecule has 0 aliphatic heterocycles. The molecule has 3 aromatic rings. The van der Waals surface area contributed by atoms with E-state index < -0.39 is 0 Å². The minimum Gasteiger partial charge on any atom is -0.245 e. The first-order chi connectivity index (χ1) is 10.1. The van der Waals surface area contributed by atoms with Gasteiger partial charge >= 0.3 is 5.69 Å². The van der Waals surface area contributed by atoms with Crippen molar-refractivity contribution < 1.29 is 0 Å². The maximum atomic E-state index is 12.5. The highest BCUT2D eigenvalue weighted by Crippen LogP contribution is 2.19. The molecular weight excluding hydrogens is 284 g/mol. The molecule has 0 aliphatic rings. The second-order valence-corrected chi connectivity index (χ2v) is 6.13. The van der Waals surface area contributed by atoms with E-state index in [2.05, 4.69) is 10.1 Å². The third-order valence-corrected chi connectivity index (χ3v) is 4.64. The van der Waals surface area contributed by atoms with Crippen LogP contribution in [0.25, 0.3) is 5.13 Å². The predicted molar refractivity (Wildman–Crippen MR) is 83.2 cm³/mol. The fourth-order valence-electron chi connectivity index (χ4n) is 2.14. The molecule has 1 aromatic carbocycles. The Kier molecular flexibility index (Phi) is 3.47. The zero-order chi connectivity index (χ0) is 15.0. The summed E-state index contributed by atoms with van der Waals surface area (Å²) < 4.78 is 2.99. The summed E-state index contributed by atoms with van der Waals surface area (Å²) in [6.07, 6.45) is 1.54. The first-order valence-electron chi connectivity index (χ1n) is 6.73. The summed E-state index contributed by atoms with van der Waals surface area (Å²) in [4.78, 5) is 18.1. The Hall–Kier alpha value is -2.21. The Morgan fingerprint density at radius 1 is 1.19 bits per heavy atom. The van der Waals surface area contributed by atoms with Gasteiger partial charge in [-0.25, -0.2) is 19.0 Å². The van der Waals surface area contributed by atoms with E-state index in [9.17, 15) is 4.79 Å². The molecule has 108 valence electrons. The molecule has 0 radical (unpaired) electrons. The van der Waals surface area contributed by atoms with Crippen LogP contribution in [-0.2, 0) is 0 Å². The van der Waals surface area contributed by atoms with Crippen molar-refractivity contribution in [2.75, 3.05) is 0 Å². The van der Waals surface area contributed by atoms with Crippen LogP contribution in [0.4, 0.5) is 0 Å². The first kappa shape index (κ1) is 13.8. The van der Waals surface area contributed by atoms with Crippen molar-refractivity contribution in [3.63, 3.8) is 0 Å². The Morgan fingerprint density at radius 2 is 1.90 bits per heavy atom. The topological polar surface area (TPSA) is 52.7 Å². The van der Waals surface area contributed by atoms with Crippen molar-refractivity contribution in [1.82, 2.24) is 19.3 Å². The Labute approximate surface area is 126 Å². The van der Waals surface area contributed by atoms with Gasteiger partial charge in [-0.1, -0.05) is 30.3 Å². The molecule has 6 heteroatoms. The Balaban J connectivity index is 2.02. The summed E-state index contributed by atoms with van der Waals surface area (Å²) in [6, 6.07) is 9.76. The zero-order valence-electron chi connectivity index (χ0n) is 12.1. The molecule has 0 spiro atoms. The molecule has 3 rings (SSSR count). The van der Waals surface area contributed by atoms with Crippen molar-refractivity contribution in [3.8, 4) is 5.13 Å². The summed E-state index contributed by atoms with van der Waals surface area (Å²) in [7, 11) is 0. The summed E-state index contributed by atoms with van der Waals surface area (Å²) in [5.74, 6) is 0. The van der Waals surface area contributed by atoms with E-state index in [1.165, 1.54) is 20.6 Å². The van der Waals surface area contributed by atoms with Gasteiger partial charge in [-0.15, -0.1) is 11.3 Å². The van der Waals surface area contributed by atoms with Crippen molar-refractivity contribution >= 4 is 11.3 Å². The van der Waals surface area contributed by atoms with E-state index in [0.29, 0.717) is 5.13 Å². The van der Waals surface area contributed by atoms with E-state index in [-0.39, 0.29) is 11.7 Å². The fraction of sp³-hybridized carbons (Fsp3) is 0.267. The van der Waals surface area contributed by atoms with Crippen LogP contribution >= 0.6 is 11.3 Å². The van der Waals surface area contributed by atoms with Gasteiger partial charge in [0.15, 0.2) is 5.13 Å². The number of nitrogens with zero attached hydrogens (tertiary/aromatic N) is 4. The standard InChI is InChI=1S/C15H16N4OS/c1-10-12(3)21-14(17-10)18-9-16-19(15(18)20)11(2)13-7-5-4-6-8-13/h4-9,11H,1-3H3. The minimum absolute atomic E-state index is 0.109. The van der Waals surface area contributed by atoms with Crippen LogP contribution in [0.5, 0.6) is 0 Å². The highest BCUT2D eigenvalue weighted by molar-refractivity contribution is 7.14. The lowest BCUT2D eigenvalue weighted by Crippen LogP contribution is -2.26. The Bertz CT molecular complexity index is 796. The lowest BCUT2D eigenvalue weighted by Gasteiger charge is -2.10. The normalized spacial score (nSPS) is 12.5. The molecule has 0 aliphatic carbocycles. The van der Waals surface area contributed by atoms with Crippen LogP contribution in [0.15, 0.2) is 41.5 Å². The van der Waals surface area contributed by atoms with E-state index in [1.807, 2.05) is 51.1 Å². The number of aromatic nitrogens is 4. The maximum absolute atomic E-state index is 12.5. The van der Waals surface area contributed by atoms with Crippen LogP contribution in [0.3, 0.4) is 0 Å². The van der Waals surface area contributed by atoms with Crippen molar-refractivity contribution in [2.24, 2.45) is 0 Å². The predicted octanol–water partition coefficient (Wildman–Crippen LogP) is 2.72. The first-order valence-corrected chi connectivity index (χ1v) is 7.55. The largest absolute Gasteiger partial charge is 0.352 e. The monoisotopic (exact) mass is 300 g/mol. The molecule has 1 unspecified atom stereocenters. The van der Waals surface area contributed by atoms with Crippen LogP contribution in [-0.4, -0.2) is 19.3 Å². The van der Waals surface area contributed by atoms with Gasteiger partial charge in [0.25, 0.3) is 0 Å². The molecule has 0 amide bonds. The highest BCUT2D eigenvalue weighted by atomic mass is 32.1. The summed E-state index contributed by atoms with van der Waals surface area (Å²) >= 11 is 1.50. The van der Waals surface area contributed by atoms with Gasteiger partial charge in [0.2, 0.25) is 0 Å². The number of hydrogen-bond donors (Lipinski definition) is 0. The SMILES string of the molecule is Cc1nc(-n2cnn(C(C)c3ccccc3)c2=O)sc1C. The number of rotatable bonds is 3. The molecule has 0 fully saturated rings. The zero-order valence-corrected chi connectivity index (χ0v) is 13.0. The summed E-state index contributed by atoms with van der Waals surface area (Å²) in [5, 5.41) is 4.91. The molecule has 1 atom stereocenters. The molecule has 2 heterocycles. The van der Waals surface area contributed by atoms with Gasteiger partial charge in [-0.2, -0.15) is 5.10 Å². The highest BCUT2D eigenvalue weighted by Gasteiger charge is 2.16. The number of hydrogen-bond acceptors (Lipinski definition) is 4. The smallest absolute Gasteiger partial charge is 0.245 e. The number of thiazole rings is 1. The van der Waals surface area contributed by atoms with Gasteiger partial charge in [0, 0.05) is 4.88 Å². The average Bonchev–Trinajstić information content (AvgIpc) is 3.02. The minimum atomic E-state index is -0.167. The van der Waals surface area contributed by atoms with E-state index >= 15 is 0 Å². The summed E-state index contributed by atoms with van der Waals surface area (Å²) in [5.41, 5.74) is 1.84. The molecule has 21 heavy (non-hydrogen) atoms. The van der Waals surface area contributed by atoms with Crippen LogP contribution in [0, 0.1) is 13.8 Å². The second-order valence-electron chi connectivity index (χ2n) is 4.95. The Morgan fingerprint density at radius 3 is 2.52 bits per heavy atom. The van der Waals surface area contributed by atoms with Crippen LogP contribution < -0.4 is 5.69 Å². The van der Waals surface area contributed by atoms with Crippen molar-refractivity contribution in [2.45, 2.75) is 26.8 Å². The number of benzene rings is 1. The van der Waals surface area contributed by atoms with E-state index in [0.717, 1.165) is 16.1 Å². The van der Waals surface area contributed by atoms with Crippen molar-refractivity contribution in [1.29, 1.82) is 0 Å². The molecule has 0 bridgehead atoms. The van der Waals surface area contributed by atoms with Gasteiger partial charge in [-0.3, -0.25) is 0 Å². The molecule has 5 nitrogen and oxygen atoms in total. The molecule has 0 saturated heterocycles. The van der Waals surface area contributed by atoms with Crippen LogP contribution in [0.2, 0.25) is 0 Å². The van der Waals surface area contributed by atoms with Crippen molar-refractivity contribution in [3.05, 3.63) is 63.3 Å². The third-order valence-electron chi connectivity index (χ3n) is 3.57. The average molecular weight is 300 g/mol. The van der Waals surface area contributed by atoms with Gasteiger partial charge in [-0.05, 0) is 26.3 Å². The fourth-order valence-corrected chi connectivity index (χ4v) is 3.02. The lowest BCUT2D eigenvalue weighted by molar-refractivity contribution is 0.541. The maximum Gasteiger partial charge on any atom is 0.352 e. The number of aryl methyl sites for hydroxylation is 2. The molecule has 0 saturated carbocycles. The van der Waals surface area contributed by atoms with Gasteiger partial charge < -0.3 is 0 Å². The van der Waals surface area contributed by atoms with Crippen LogP contribution in [0.1, 0.15) is 29.1 Å². The summed E-state index contributed by atoms with van der Waals surface area (Å²) in [6.45, 7) is 5.91. The molecular formula is C15H16N4OS. The lowest BCUT2D eigenvalue weighted by atomic mass is 10.1. The molecule has 0 N–H and O–H groups in total.